The van der Waals surface area contributed by atoms with Crippen LogP contribution >= 0.6 is 0 Å². The Morgan fingerprint density at radius 1 is 1.42 bits per heavy atom. The Morgan fingerprint density at radius 2 is 2.26 bits per heavy atom. The molecule has 0 spiro atoms. The first-order valence-corrected chi connectivity index (χ1v) is 6.68. The number of nitrogens with zero attached hydrogens (tertiary/aromatic N) is 1. The lowest BCUT2D eigenvalue weighted by Gasteiger charge is -2.18. The second-order valence-electron chi connectivity index (χ2n) is 4.76. The van der Waals surface area contributed by atoms with E-state index >= 15 is 0 Å². The summed E-state index contributed by atoms with van der Waals surface area (Å²) in [6, 6.07) is 5.45. The molecule has 0 fully saturated rings. The van der Waals surface area contributed by atoms with Gasteiger partial charge < -0.3 is 10.3 Å². The predicted octanol–water partition coefficient (Wildman–Crippen LogP) is 3.14. The van der Waals surface area contributed by atoms with Crippen LogP contribution < -0.4 is 5.32 Å². The van der Waals surface area contributed by atoms with E-state index in [9.17, 15) is 4.39 Å². The summed E-state index contributed by atoms with van der Waals surface area (Å²) in [6.07, 6.45) is 5.41. The largest absolute Gasteiger partial charge is 0.349 e. The van der Waals surface area contributed by atoms with Crippen LogP contribution in [0.1, 0.15) is 36.3 Å². The molecule has 0 aliphatic rings. The van der Waals surface area contributed by atoms with Crippen LogP contribution in [0.15, 0.2) is 30.6 Å². The van der Waals surface area contributed by atoms with Gasteiger partial charge in [0.1, 0.15) is 11.6 Å². The molecule has 0 bridgehead atoms. The Hall–Kier alpha value is -1.68. The maximum absolute atomic E-state index is 13.4. The number of aryl methyl sites for hydroxylation is 1. The van der Waals surface area contributed by atoms with Crippen molar-refractivity contribution in [3.05, 3.63) is 53.4 Å². The van der Waals surface area contributed by atoms with E-state index in [2.05, 4.69) is 22.2 Å². The van der Waals surface area contributed by atoms with Gasteiger partial charge in [0.15, 0.2) is 0 Å². The highest BCUT2D eigenvalue weighted by molar-refractivity contribution is 5.27. The first kappa shape index (κ1) is 13.7. The van der Waals surface area contributed by atoms with Crippen molar-refractivity contribution in [1.82, 2.24) is 15.3 Å². The van der Waals surface area contributed by atoms with E-state index in [4.69, 9.17) is 0 Å². The molecule has 2 aromatic rings. The van der Waals surface area contributed by atoms with Crippen LogP contribution in [-0.4, -0.2) is 16.5 Å². The first-order valence-electron chi connectivity index (χ1n) is 6.68. The summed E-state index contributed by atoms with van der Waals surface area (Å²) in [4.78, 5) is 7.37. The number of aromatic amines is 1. The molecule has 4 heteroatoms. The topological polar surface area (TPSA) is 40.7 Å². The maximum Gasteiger partial charge on any atom is 0.126 e. The van der Waals surface area contributed by atoms with Crippen molar-refractivity contribution in [2.45, 2.75) is 32.7 Å². The van der Waals surface area contributed by atoms with Crippen LogP contribution in [0.3, 0.4) is 0 Å². The lowest BCUT2D eigenvalue weighted by atomic mass is 10.0. The quantitative estimate of drug-likeness (QED) is 0.838. The summed E-state index contributed by atoms with van der Waals surface area (Å²) in [5.74, 6) is 0.784. The van der Waals surface area contributed by atoms with Gasteiger partial charge in [-0.3, -0.25) is 0 Å². The third-order valence-corrected chi connectivity index (χ3v) is 3.18. The SMILES string of the molecule is CCCNC(Cc1ncc[nH]1)c1ccc(F)c(C)c1. The van der Waals surface area contributed by atoms with E-state index in [1.807, 2.05) is 18.3 Å². The Bertz CT molecular complexity index is 508. The van der Waals surface area contributed by atoms with Crippen LogP contribution in [0.25, 0.3) is 0 Å². The van der Waals surface area contributed by atoms with Gasteiger partial charge in [0.2, 0.25) is 0 Å². The molecule has 0 amide bonds. The van der Waals surface area contributed by atoms with E-state index in [1.165, 1.54) is 6.07 Å². The molecule has 1 aromatic heterocycles. The second kappa shape index (κ2) is 6.48. The molecular formula is C15H20FN3. The summed E-state index contributed by atoms with van der Waals surface area (Å²) >= 11 is 0. The molecule has 3 nitrogen and oxygen atoms in total. The fourth-order valence-electron chi connectivity index (χ4n) is 2.11. The average molecular weight is 261 g/mol. The second-order valence-corrected chi connectivity index (χ2v) is 4.76. The van der Waals surface area contributed by atoms with E-state index in [-0.39, 0.29) is 11.9 Å². The molecule has 2 N–H and O–H groups in total. The molecule has 1 atom stereocenters. The number of H-pyrrole nitrogens is 1. The van der Waals surface area contributed by atoms with E-state index in [0.717, 1.165) is 30.8 Å². The third-order valence-electron chi connectivity index (χ3n) is 3.18. The standard InChI is InChI=1S/C15H20FN3/c1-3-6-17-14(10-15-18-7-8-19-15)12-4-5-13(16)11(2)9-12/h4-5,7-9,14,17H,3,6,10H2,1-2H3,(H,18,19). The van der Waals surface area contributed by atoms with Gasteiger partial charge in [0, 0.05) is 24.9 Å². The van der Waals surface area contributed by atoms with Crippen LogP contribution in [-0.2, 0) is 6.42 Å². The minimum absolute atomic E-state index is 0.156. The minimum Gasteiger partial charge on any atom is -0.349 e. The Balaban J connectivity index is 2.18. The molecule has 102 valence electrons. The van der Waals surface area contributed by atoms with Gasteiger partial charge in [-0.2, -0.15) is 0 Å². The molecule has 0 aliphatic carbocycles. The molecular weight excluding hydrogens is 241 g/mol. The highest BCUT2D eigenvalue weighted by Crippen LogP contribution is 2.19. The van der Waals surface area contributed by atoms with E-state index in [0.29, 0.717) is 5.56 Å². The smallest absolute Gasteiger partial charge is 0.126 e. The van der Waals surface area contributed by atoms with Gasteiger partial charge >= 0.3 is 0 Å². The van der Waals surface area contributed by atoms with Crippen LogP contribution in [0.5, 0.6) is 0 Å². The van der Waals surface area contributed by atoms with Crippen molar-refractivity contribution in [3.63, 3.8) is 0 Å². The lowest BCUT2D eigenvalue weighted by molar-refractivity contribution is 0.518. The third kappa shape index (κ3) is 3.64. The fraction of sp³-hybridized carbons (Fsp3) is 0.400. The maximum atomic E-state index is 13.4. The summed E-state index contributed by atoms with van der Waals surface area (Å²) in [5, 5.41) is 3.49. The number of hydrogen-bond acceptors (Lipinski definition) is 2. The summed E-state index contributed by atoms with van der Waals surface area (Å²) < 4.78 is 13.4. The van der Waals surface area contributed by atoms with Gasteiger partial charge in [0.25, 0.3) is 0 Å². The summed E-state index contributed by atoms with van der Waals surface area (Å²) in [7, 11) is 0. The molecule has 1 aromatic carbocycles. The molecule has 0 saturated heterocycles. The zero-order valence-electron chi connectivity index (χ0n) is 11.4. The number of benzene rings is 1. The van der Waals surface area contributed by atoms with Gasteiger partial charge in [0.05, 0.1) is 0 Å². The Labute approximate surface area is 113 Å². The minimum atomic E-state index is -0.156. The first-order chi connectivity index (χ1) is 9.20. The van der Waals surface area contributed by atoms with Gasteiger partial charge in [-0.1, -0.05) is 19.1 Å². The highest BCUT2D eigenvalue weighted by Gasteiger charge is 2.14. The molecule has 1 heterocycles. The molecule has 0 saturated carbocycles. The zero-order valence-corrected chi connectivity index (χ0v) is 11.4. The number of rotatable bonds is 6. The van der Waals surface area contributed by atoms with Crippen molar-refractivity contribution in [3.8, 4) is 0 Å². The van der Waals surface area contributed by atoms with E-state index < -0.39 is 0 Å². The van der Waals surface area contributed by atoms with Crippen LogP contribution in [0.2, 0.25) is 0 Å². The number of halogens is 1. The zero-order chi connectivity index (χ0) is 13.7. The molecule has 0 aliphatic heterocycles. The van der Waals surface area contributed by atoms with Crippen LogP contribution in [0, 0.1) is 12.7 Å². The molecule has 0 radical (unpaired) electrons. The molecule has 2 rings (SSSR count). The van der Waals surface area contributed by atoms with Gasteiger partial charge in [-0.25, -0.2) is 9.37 Å². The number of nitrogens with one attached hydrogen (secondary N) is 2. The van der Waals surface area contributed by atoms with Crippen molar-refractivity contribution in [1.29, 1.82) is 0 Å². The number of imidazole rings is 1. The Morgan fingerprint density at radius 3 is 2.89 bits per heavy atom. The predicted molar refractivity (Wildman–Crippen MR) is 74.5 cm³/mol. The van der Waals surface area contributed by atoms with Crippen molar-refractivity contribution >= 4 is 0 Å². The summed E-state index contributed by atoms with van der Waals surface area (Å²) in [6.45, 7) is 4.86. The highest BCUT2D eigenvalue weighted by atomic mass is 19.1. The Kier molecular flexibility index (Phi) is 4.68. The average Bonchev–Trinajstić information content (AvgIpc) is 2.91. The van der Waals surface area contributed by atoms with Crippen molar-refractivity contribution in [2.24, 2.45) is 0 Å². The van der Waals surface area contributed by atoms with E-state index in [1.54, 1.807) is 13.1 Å². The number of aromatic nitrogens is 2. The van der Waals surface area contributed by atoms with Gasteiger partial charge in [-0.05, 0) is 37.1 Å². The van der Waals surface area contributed by atoms with Gasteiger partial charge in [-0.15, -0.1) is 0 Å². The van der Waals surface area contributed by atoms with Crippen LogP contribution in [0.4, 0.5) is 4.39 Å². The lowest BCUT2D eigenvalue weighted by Crippen LogP contribution is -2.24. The number of hydrogen-bond donors (Lipinski definition) is 2. The summed E-state index contributed by atoms with van der Waals surface area (Å²) in [5.41, 5.74) is 1.78. The molecule has 19 heavy (non-hydrogen) atoms. The van der Waals surface area contributed by atoms with Crippen molar-refractivity contribution < 1.29 is 4.39 Å². The fourth-order valence-corrected chi connectivity index (χ4v) is 2.11. The normalized spacial score (nSPS) is 12.6. The van der Waals surface area contributed by atoms with Crippen molar-refractivity contribution in [2.75, 3.05) is 6.54 Å². The molecule has 1 unspecified atom stereocenters. The monoisotopic (exact) mass is 261 g/mol.